The summed E-state index contributed by atoms with van der Waals surface area (Å²) < 4.78 is 10.6. The number of carbonyl (C=O) groups excluding carboxylic acids is 1. The van der Waals surface area contributed by atoms with E-state index in [4.69, 9.17) is 15.2 Å². The van der Waals surface area contributed by atoms with Crippen LogP contribution in [0, 0.1) is 6.92 Å². The molecule has 0 spiro atoms. The van der Waals surface area contributed by atoms with Crippen LogP contribution in [0.4, 0.5) is 11.6 Å². The van der Waals surface area contributed by atoms with E-state index < -0.39 is 0 Å². The highest BCUT2D eigenvalue weighted by Gasteiger charge is 2.11. The van der Waals surface area contributed by atoms with Crippen LogP contribution in [0.3, 0.4) is 0 Å². The molecule has 9 nitrogen and oxygen atoms in total. The highest BCUT2D eigenvalue weighted by Crippen LogP contribution is 2.22. The van der Waals surface area contributed by atoms with Gasteiger partial charge in [-0.2, -0.15) is 4.99 Å². The summed E-state index contributed by atoms with van der Waals surface area (Å²) in [5.74, 6) is 1.19. The molecule has 9 heteroatoms. The molecule has 0 aliphatic heterocycles. The van der Waals surface area contributed by atoms with Gasteiger partial charge in [0.05, 0.1) is 12.3 Å². The number of H-pyrrole nitrogens is 1. The Kier molecular flexibility index (Phi) is 7.58. The minimum Gasteiger partial charge on any atom is -0.466 e. The fourth-order valence-corrected chi connectivity index (χ4v) is 2.92. The minimum absolute atomic E-state index is 0.0588. The van der Waals surface area contributed by atoms with Gasteiger partial charge in [0.1, 0.15) is 11.5 Å². The molecule has 4 N–H and O–H groups in total. The highest BCUT2D eigenvalue weighted by atomic mass is 16.5. The zero-order chi connectivity index (χ0) is 22.9. The number of anilines is 1. The summed E-state index contributed by atoms with van der Waals surface area (Å²) in [5, 5.41) is 2.94. The number of carbonyl (C=O) groups is 1. The Bertz CT molecular complexity index is 1140. The van der Waals surface area contributed by atoms with Crippen LogP contribution in [0.2, 0.25) is 0 Å². The lowest BCUT2D eigenvalue weighted by atomic mass is 10.1. The van der Waals surface area contributed by atoms with Crippen molar-refractivity contribution in [2.24, 2.45) is 10.7 Å². The number of guanidine groups is 1. The fraction of sp³-hybridized carbons (Fsp3) is 0.217. The number of para-hydroxylation sites is 1. The number of esters is 1. The molecule has 1 heterocycles. The van der Waals surface area contributed by atoms with Gasteiger partial charge in [0.15, 0.2) is 0 Å². The summed E-state index contributed by atoms with van der Waals surface area (Å²) in [6.07, 6.45) is 0.345. The SMILES string of the molecule is CCOC(=O)CCc1c(C)nc(N=C(N)Nc2ccc(Oc3ccccc3)cc2)[nH]c1=O. The molecule has 1 aromatic heterocycles. The molecule has 0 amide bonds. The third kappa shape index (κ3) is 6.43. The molecular formula is C23H25N5O4. The van der Waals surface area contributed by atoms with Gasteiger partial charge in [-0.25, -0.2) is 4.98 Å². The van der Waals surface area contributed by atoms with Crippen molar-refractivity contribution in [1.82, 2.24) is 9.97 Å². The van der Waals surface area contributed by atoms with E-state index in [1.807, 2.05) is 30.3 Å². The third-order valence-corrected chi connectivity index (χ3v) is 4.43. The molecule has 3 rings (SSSR count). The molecule has 2 aromatic carbocycles. The summed E-state index contributed by atoms with van der Waals surface area (Å²) in [4.78, 5) is 34.9. The lowest BCUT2D eigenvalue weighted by Crippen LogP contribution is -2.23. The third-order valence-electron chi connectivity index (χ3n) is 4.43. The fourth-order valence-electron chi connectivity index (χ4n) is 2.92. The van der Waals surface area contributed by atoms with Crippen LogP contribution in [-0.2, 0) is 16.0 Å². The van der Waals surface area contributed by atoms with Crippen LogP contribution in [0.5, 0.6) is 11.5 Å². The highest BCUT2D eigenvalue weighted by molar-refractivity contribution is 5.93. The maximum Gasteiger partial charge on any atom is 0.306 e. The van der Waals surface area contributed by atoms with E-state index in [9.17, 15) is 9.59 Å². The zero-order valence-corrected chi connectivity index (χ0v) is 17.9. The molecule has 0 aliphatic rings. The van der Waals surface area contributed by atoms with E-state index in [-0.39, 0.29) is 36.3 Å². The maximum atomic E-state index is 12.4. The van der Waals surface area contributed by atoms with Crippen molar-refractivity contribution < 1.29 is 14.3 Å². The molecule has 0 fully saturated rings. The molecule has 0 saturated heterocycles. The Morgan fingerprint density at radius 2 is 1.81 bits per heavy atom. The number of rotatable bonds is 8. The normalized spacial score (nSPS) is 11.1. The average molecular weight is 435 g/mol. The molecule has 0 aliphatic carbocycles. The summed E-state index contributed by atoms with van der Waals surface area (Å²) in [6.45, 7) is 3.72. The van der Waals surface area contributed by atoms with E-state index in [1.165, 1.54) is 0 Å². The first-order chi connectivity index (χ1) is 15.4. The van der Waals surface area contributed by atoms with Gasteiger partial charge in [-0.05, 0) is 56.7 Å². The van der Waals surface area contributed by atoms with Gasteiger partial charge in [0.25, 0.3) is 5.56 Å². The lowest BCUT2D eigenvalue weighted by Gasteiger charge is -2.09. The maximum absolute atomic E-state index is 12.4. The van der Waals surface area contributed by atoms with Gasteiger partial charge in [-0.3, -0.25) is 14.6 Å². The number of aliphatic imine (C=N–C) groups is 1. The number of hydrogen-bond acceptors (Lipinski definition) is 6. The summed E-state index contributed by atoms with van der Waals surface area (Å²) in [5.41, 5.74) is 7.17. The number of nitrogens with zero attached hydrogens (tertiary/aromatic N) is 2. The standard InChI is InChI=1S/C23H25N5O4/c1-3-31-20(29)14-13-19-15(2)25-23(27-21(19)30)28-22(24)26-16-9-11-18(12-10-16)32-17-7-5-4-6-8-17/h4-12H,3,13-14H2,1-2H3,(H4,24,25,26,27,28,30). The minimum atomic E-state index is -0.365. The Balaban J connectivity index is 1.64. The van der Waals surface area contributed by atoms with E-state index in [0.29, 0.717) is 29.3 Å². The quantitative estimate of drug-likeness (QED) is 0.281. The largest absolute Gasteiger partial charge is 0.466 e. The Morgan fingerprint density at radius 1 is 1.12 bits per heavy atom. The Hall–Kier alpha value is -4.14. The molecule has 166 valence electrons. The first-order valence-electron chi connectivity index (χ1n) is 10.1. The van der Waals surface area contributed by atoms with Gasteiger partial charge in [-0.1, -0.05) is 18.2 Å². The molecule has 0 atom stereocenters. The number of ether oxygens (including phenoxy) is 2. The molecule has 3 aromatic rings. The Labute approximate surface area is 185 Å². The predicted molar refractivity (Wildman–Crippen MR) is 122 cm³/mol. The first-order valence-corrected chi connectivity index (χ1v) is 10.1. The van der Waals surface area contributed by atoms with Crippen molar-refractivity contribution in [2.75, 3.05) is 11.9 Å². The van der Waals surface area contributed by atoms with Gasteiger partial charge in [-0.15, -0.1) is 0 Å². The summed E-state index contributed by atoms with van der Waals surface area (Å²) in [6, 6.07) is 16.6. The van der Waals surface area contributed by atoms with Crippen molar-refractivity contribution in [3.8, 4) is 11.5 Å². The van der Waals surface area contributed by atoms with E-state index >= 15 is 0 Å². The Morgan fingerprint density at radius 3 is 2.47 bits per heavy atom. The van der Waals surface area contributed by atoms with E-state index in [1.54, 1.807) is 38.1 Å². The monoisotopic (exact) mass is 435 g/mol. The van der Waals surface area contributed by atoms with Crippen molar-refractivity contribution in [1.29, 1.82) is 0 Å². The first kappa shape index (κ1) is 22.5. The number of aryl methyl sites for hydroxylation is 1. The van der Waals surface area contributed by atoms with Gasteiger partial charge in [0.2, 0.25) is 11.9 Å². The number of hydrogen-bond donors (Lipinski definition) is 3. The van der Waals surface area contributed by atoms with Gasteiger partial charge in [0, 0.05) is 17.7 Å². The van der Waals surface area contributed by atoms with Gasteiger partial charge >= 0.3 is 5.97 Å². The van der Waals surface area contributed by atoms with Crippen molar-refractivity contribution in [3.63, 3.8) is 0 Å². The number of aromatic nitrogens is 2. The van der Waals surface area contributed by atoms with Crippen LogP contribution in [0.25, 0.3) is 0 Å². The van der Waals surface area contributed by atoms with Crippen LogP contribution in [0.1, 0.15) is 24.6 Å². The number of aromatic amines is 1. The number of nitrogens with one attached hydrogen (secondary N) is 2. The molecule has 0 radical (unpaired) electrons. The summed E-state index contributed by atoms with van der Waals surface area (Å²) in [7, 11) is 0. The van der Waals surface area contributed by atoms with E-state index in [2.05, 4.69) is 20.3 Å². The second-order valence-corrected chi connectivity index (χ2v) is 6.82. The molecule has 0 saturated carbocycles. The van der Waals surface area contributed by atoms with Crippen LogP contribution >= 0.6 is 0 Å². The van der Waals surface area contributed by atoms with Crippen molar-refractivity contribution >= 4 is 23.6 Å². The smallest absolute Gasteiger partial charge is 0.306 e. The second-order valence-electron chi connectivity index (χ2n) is 6.82. The second kappa shape index (κ2) is 10.8. The topological polar surface area (TPSA) is 132 Å². The van der Waals surface area contributed by atoms with Crippen LogP contribution < -0.4 is 21.3 Å². The molecule has 0 unspecified atom stereocenters. The van der Waals surface area contributed by atoms with Crippen molar-refractivity contribution in [2.45, 2.75) is 26.7 Å². The number of benzene rings is 2. The molecule has 32 heavy (non-hydrogen) atoms. The average Bonchev–Trinajstić information content (AvgIpc) is 2.75. The zero-order valence-electron chi connectivity index (χ0n) is 17.9. The number of nitrogens with two attached hydrogens (primary N) is 1. The van der Waals surface area contributed by atoms with Crippen LogP contribution in [0.15, 0.2) is 64.4 Å². The van der Waals surface area contributed by atoms with Gasteiger partial charge < -0.3 is 20.5 Å². The summed E-state index contributed by atoms with van der Waals surface area (Å²) >= 11 is 0. The van der Waals surface area contributed by atoms with Crippen LogP contribution in [-0.4, -0.2) is 28.5 Å². The van der Waals surface area contributed by atoms with E-state index in [0.717, 1.165) is 5.75 Å². The molecular weight excluding hydrogens is 410 g/mol. The van der Waals surface area contributed by atoms with Crippen molar-refractivity contribution in [3.05, 3.63) is 76.2 Å². The predicted octanol–water partition coefficient (Wildman–Crippen LogP) is 3.42. The lowest BCUT2D eigenvalue weighted by molar-refractivity contribution is -0.143. The molecule has 0 bridgehead atoms.